The van der Waals surface area contributed by atoms with E-state index in [1.165, 1.54) is 0 Å². The van der Waals surface area contributed by atoms with Crippen molar-refractivity contribution in [3.8, 4) is 5.69 Å². The number of halogens is 2. The van der Waals surface area contributed by atoms with Gasteiger partial charge in [-0.1, -0.05) is 41.9 Å². The third-order valence-corrected chi connectivity index (χ3v) is 4.05. The van der Waals surface area contributed by atoms with Crippen molar-refractivity contribution in [2.45, 2.75) is 6.54 Å². The van der Waals surface area contributed by atoms with Crippen LogP contribution in [0, 0.1) is 0 Å². The summed E-state index contributed by atoms with van der Waals surface area (Å²) in [5, 5.41) is 9.01. The minimum absolute atomic E-state index is 0.322. The van der Waals surface area contributed by atoms with Crippen LogP contribution in [0.15, 0.2) is 53.5 Å². The summed E-state index contributed by atoms with van der Waals surface area (Å²) in [6, 6.07) is 15.6. The van der Waals surface area contributed by atoms with Gasteiger partial charge in [-0.3, -0.25) is 9.56 Å². The molecule has 4 nitrogen and oxygen atoms in total. The SMILES string of the molecule is Clc1ccc2c(c1)C(c1ccccc1)=NCc1nnc(Cl)n1-2. The molecule has 0 saturated heterocycles. The second-order valence-electron chi connectivity index (χ2n) is 4.91. The van der Waals surface area contributed by atoms with E-state index in [2.05, 4.69) is 10.2 Å². The van der Waals surface area contributed by atoms with E-state index in [1.807, 2.05) is 53.1 Å². The fourth-order valence-corrected chi connectivity index (χ4v) is 3.00. The number of aromatic nitrogens is 3. The number of hydrogen-bond acceptors (Lipinski definition) is 3. The third-order valence-electron chi connectivity index (χ3n) is 3.57. The van der Waals surface area contributed by atoms with Crippen LogP contribution in [0.25, 0.3) is 5.69 Å². The standard InChI is InChI=1S/C16H10Cl2N4/c17-11-6-7-13-12(8-11)15(10-4-2-1-3-5-10)19-9-14-20-21-16(18)22(13)14/h1-8H,9H2. The van der Waals surface area contributed by atoms with Crippen LogP contribution in [0.1, 0.15) is 17.0 Å². The van der Waals surface area contributed by atoms with E-state index in [1.54, 1.807) is 0 Å². The molecule has 0 amide bonds. The van der Waals surface area contributed by atoms with Crippen molar-refractivity contribution >= 4 is 28.9 Å². The molecule has 0 bridgehead atoms. The zero-order valence-corrected chi connectivity index (χ0v) is 12.9. The molecule has 0 spiro atoms. The van der Waals surface area contributed by atoms with Gasteiger partial charge in [0.25, 0.3) is 0 Å². The maximum atomic E-state index is 6.20. The topological polar surface area (TPSA) is 43.1 Å². The first-order chi connectivity index (χ1) is 10.7. The number of benzene rings is 2. The molecule has 108 valence electrons. The highest BCUT2D eigenvalue weighted by Gasteiger charge is 2.22. The van der Waals surface area contributed by atoms with Gasteiger partial charge in [0.2, 0.25) is 5.28 Å². The number of rotatable bonds is 1. The lowest BCUT2D eigenvalue weighted by Gasteiger charge is -2.12. The molecule has 0 saturated carbocycles. The molecule has 0 aliphatic carbocycles. The van der Waals surface area contributed by atoms with Gasteiger partial charge >= 0.3 is 0 Å². The molecule has 0 unspecified atom stereocenters. The minimum Gasteiger partial charge on any atom is -0.276 e. The van der Waals surface area contributed by atoms with E-state index in [-0.39, 0.29) is 0 Å². The molecule has 6 heteroatoms. The molecule has 2 heterocycles. The monoisotopic (exact) mass is 328 g/mol. The second kappa shape index (κ2) is 5.23. The van der Waals surface area contributed by atoms with Crippen LogP contribution >= 0.6 is 23.2 Å². The van der Waals surface area contributed by atoms with Gasteiger partial charge in [-0.25, -0.2) is 0 Å². The number of hydrogen-bond donors (Lipinski definition) is 0. The zero-order chi connectivity index (χ0) is 15.1. The van der Waals surface area contributed by atoms with Gasteiger partial charge < -0.3 is 0 Å². The highest BCUT2D eigenvalue weighted by atomic mass is 35.5. The van der Waals surface area contributed by atoms with Crippen LogP contribution in [-0.4, -0.2) is 20.5 Å². The average molecular weight is 329 g/mol. The van der Waals surface area contributed by atoms with Gasteiger partial charge in [0.05, 0.1) is 11.4 Å². The van der Waals surface area contributed by atoms with Crippen molar-refractivity contribution in [3.05, 3.63) is 75.8 Å². The number of fused-ring (bicyclic) bond motifs is 3. The van der Waals surface area contributed by atoms with Gasteiger partial charge in [-0.05, 0) is 29.8 Å². The Balaban J connectivity index is 2.01. The Hall–Kier alpha value is -2.17. The van der Waals surface area contributed by atoms with E-state index < -0.39 is 0 Å². The number of aliphatic imine (C=N–C) groups is 1. The Labute approximate surface area is 137 Å². The Kier molecular flexibility index (Phi) is 3.21. The fraction of sp³-hybridized carbons (Fsp3) is 0.0625. The lowest BCUT2D eigenvalue weighted by atomic mass is 10.0. The molecular weight excluding hydrogens is 319 g/mol. The zero-order valence-electron chi connectivity index (χ0n) is 11.4. The molecule has 4 rings (SSSR count). The molecule has 0 fully saturated rings. The predicted octanol–water partition coefficient (Wildman–Crippen LogP) is 3.93. The van der Waals surface area contributed by atoms with Gasteiger partial charge in [0, 0.05) is 16.1 Å². The molecule has 3 aromatic rings. The smallest absolute Gasteiger partial charge is 0.229 e. The second-order valence-corrected chi connectivity index (χ2v) is 5.69. The summed E-state index contributed by atoms with van der Waals surface area (Å²) in [6.45, 7) is 0.413. The van der Waals surface area contributed by atoms with Crippen molar-refractivity contribution in [2.75, 3.05) is 0 Å². The van der Waals surface area contributed by atoms with Crippen LogP contribution in [-0.2, 0) is 6.54 Å². The largest absolute Gasteiger partial charge is 0.276 e. The highest BCUT2D eigenvalue weighted by Crippen LogP contribution is 2.29. The van der Waals surface area contributed by atoms with Crippen molar-refractivity contribution in [2.24, 2.45) is 4.99 Å². The van der Waals surface area contributed by atoms with Gasteiger partial charge in [0.1, 0.15) is 6.54 Å². The van der Waals surface area contributed by atoms with Crippen molar-refractivity contribution in [1.29, 1.82) is 0 Å². The van der Waals surface area contributed by atoms with Crippen molar-refractivity contribution in [3.63, 3.8) is 0 Å². The summed E-state index contributed by atoms with van der Waals surface area (Å²) in [6.07, 6.45) is 0. The maximum absolute atomic E-state index is 6.20. The molecular formula is C16H10Cl2N4. The molecule has 1 aromatic heterocycles. The summed E-state index contributed by atoms with van der Waals surface area (Å²) < 4.78 is 1.81. The highest BCUT2D eigenvalue weighted by molar-refractivity contribution is 6.31. The first-order valence-electron chi connectivity index (χ1n) is 6.74. The Morgan fingerprint density at radius 1 is 0.955 bits per heavy atom. The van der Waals surface area contributed by atoms with Crippen LogP contribution in [0.4, 0.5) is 0 Å². The van der Waals surface area contributed by atoms with E-state index in [4.69, 9.17) is 28.2 Å². The van der Waals surface area contributed by atoms with Gasteiger partial charge in [0.15, 0.2) is 5.82 Å². The summed E-state index contributed by atoms with van der Waals surface area (Å²) >= 11 is 12.4. The summed E-state index contributed by atoms with van der Waals surface area (Å²) in [4.78, 5) is 4.71. The Morgan fingerprint density at radius 2 is 1.77 bits per heavy atom. The van der Waals surface area contributed by atoms with E-state index >= 15 is 0 Å². The van der Waals surface area contributed by atoms with Crippen LogP contribution in [0.5, 0.6) is 0 Å². The average Bonchev–Trinajstić information content (AvgIpc) is 2.82. The van der Waals surface area contributed by atoms with E-state index in [9.17, 15) is 0 Å². The van der Waals surface area contributed by atoms with Crippen molar-refractivity contribution < 1.29 is 0 Å². The van der Waals surface area contributed by atoms with Crippen LogP contribution < -0.4 is 0 Å². The first-order valence-corrected chi connectivity index (χ1v) is 7.49. The summed E-state index contributed by atoms with van der Waals surface area (Å²) in [7, 11) is 0. The predicted molar refractivity (Wildman–Crippen MR) is 87.2 cm³/mol. The minimum atomic E-state index is 0.322. The molecule has 2 aromatic carbocycles. The quantitative estimate of drug-likeness (QED) is 0.679. The lowest BCUT2D eigenvalue weighted by Crippen LogP contribution is -2.07. The molecule has 0 atom stereocenters. The normalized spacial score (nSPS) is 13.1. The van der Waals surface area contributed by atoms with E-state index in [0.29, 0.717) is 22.7 Å². The maximum Gasteiger partial charge on any atom is 0.229 e. The van der Waals surface area contributed by atoms with Crippen LogP contribution in [0.2, 0.25) is 10.3 Å². The Morgan fingerprint density at radius 3 is 2.59 bits per heavy atom. The Bertz CT molecular complexity index is 884. The summed E-state index contributed by atoms with van der Waals surface area (Å²) in [5.41, 5.74) is 3.70. The van der Waals surface area contributed by atoms with Gasteiger partial charge in [-0.2, -0.15) is 0 Å². The third kappa shape index (κ3) is 2.12. The lowest BCUT2D eigenvalue weighted by molar-refractivity contribution is 0.870. The number of nitrogens with zero attached hydrogens (tertiary/aromatic N) is 4. The van der Waals surface area contributed by atoms with Crippen molar-refractivity contribution in [1.82, 2.24) is 14.8 Å². The molecule has 1 aliphatic rings. The molecule has 22 heavy (non-hydrogen) atoms. The van der Waals surface area contributed by atoms with E-state index in [0.717, 1.165) is 22.5 Å². The van der Waals surface area contributed by atoms with Gasteiger partial charge in [-0.15, -0.1) is 10.2 Å². The molecule has 0 radical (unpaired) electrons. The fourth-order valence-electron chi connectivity index (χ4n) is 2.61. The first kappa shape index (κ1) is 13.5. The molecule has 1 aliphatic heterocycles. The summed E-state index contributed by atoms with van der Waals surface area (Å²) in [5.74, 6) is 0.708. The molecule has 0 N–H and O–H groups in total. The van der Waals surface area contributed by atoms with Crippen LogP contribution in [0.3, 0.4) is 0 Å².